The van der Waals surface area contributed by atoms with E-state index in [1.165, 1.54) is 31.6 Å². The highest BCUT2D eigenvalue weighted by molar-refractivity contribution is 5.11. The Morgan fingerprint density at radius 3 is 2.93 bits per heavy atom. The van der Waals surface area contributed by atoms with Gasteiger partial charge in [0.15, 0.2) is 0 Å². The molecular formula is C13H21NO. The van der Waals surface area contributed by atoms with Gasteiger partial charge in [0.25, 0.3) is 0 Å². The second-order valence-electron chi connectivity index (χ2n) is 4.57. The summed E-state index contributed by atoms with van der Waals surface area (Å²) in [7, 11) is 0. The Morgan fingerprint density at radius 2 is 2.40 bits per heavy atom. The first-order valence-corrected chi connectivity index (χ1v) is 6.08. The Bertz CT molecular complexity index is 299. The molecule has 0 bridgehead atoms. The molecule has 0 aliphatic carbocycles. The Balaban J connectivity index is 2.08. The van der Waals surface area contributed by atoms with Crippen molar-refractivity contribution in [3.63, 3.8) is 0 Å². The van der Waals surface area contributed by atoms with Gasteiger partial charge in [-0.25, -0.2) is 0 Å². The van der Waals surface area contributed by atoms with Crippen LogP contribution in [0.5, 0.6) is 0 Å². The molecule has 1 aromatic heterocycles. The molecule has 0 saturated carbocycles. The van der Waals surface area contributed by atoms with Crippen molar-refractivity contribution in [2.45, 2.75) is 39.0 Å². The first kappa shape index (κ1) is 10.7. The van der Waals surface area contributed by atoms with Crippen molar-refractivity contribution < 1.29 is 4.42 Å². The maximum Gasteiger partial charge on any atom is 0.107 e. The first-order valence-electron chi connectivity index (χ1n) is 6.08. The molecule has 1 aliphatic rings. The quantitative estimate of drug-likeness (QED) is 0.824. The number of rotatable bonds is 3. The molecule has 2 heteroatoms. The third kappa shape index (κ3) is 2.43. The monoisotopic (exact) mass is 207 g/mol. The lowest BCUT2D eigenvalue weighted by Crippen LogP contribution is -2.33. The molecular weight excluding hydrogens is 186 g/mol. The first-order chi connectivity index (χ1) is 7.31. The molecule has 0 amide bonds. The molecule has 1 aliphatic heterocycles. The lowest BCUT2D eigenvalue weighted by molar-refractivity contribution is 0.283. The van der Waals surface area contributed by atoms with E-state index in [9.17, 15) is 0 Å². The minimum Gasteiger partial charge on any atom is -0.466 e. The predicted octanol–water partition coefficient (Wildman–Crippen LogP) is 3.08. The zero-order valence-electron chi connectivity index (χ0n) is 9.75. The Labute approximate surface area is 92.1 Å². The van der Waals surface area contributed by atoms with Crippen LogP contribution in [0.1, 0.15) is 43.6 Å². The van der Waals surface area contributed by atoms with Crippen molar-refractivity contribution in [2.75, 3.05) is 13.1 Å². The van der Waals surface area contributed by atoms with E-state index in [-0.39, 0.29) is 0 Å². The average Bonchev–Trinajstić information content (AvgIpc) is 2.68. The molecule has 0 radical (unpaired) electrons. The minimum atomic E-state index is 0.603. The Morgan fingerprint density at radius 1 is 1.53 bits per heavy atom. The lowest BCUT2D eigenvalue weighted by Gasteiger charge is -2.28. The van der Waals surface area contributed by atoms with E-state index in [0.717, 1.165) is 18.2 Å². The average molecular weight is 207 g/mol. The zero-order chi connectivity index (χ0) is 10.7. The summed E-state index contributed by atoms with van der Waals surface area (Å²) in [6.45, 7) is 6.62. The van der Waals surface area contributed by atoms with E-state index < -0.39 is 0 Å². The van der Waals surface area contributed by atoms with Crippen LogP contribution < -0.4 is 5.32 Å². The Hall–Kier alpha value is -0.760. The summed E-state index contributed by atoms with van der Waals surface area (Å²) in [4.78, 5) is 0. The topological polar surface area (TPSA) is 25.2 Å². The van der Waals surface area contributed by atoms with Crippen LogP contribution in [0.15, 0.2) is 16.5 Å². The van der Waals surface area contributed by atoms with Crippen molar-refractivity contribution >= 4 is 0 Å². The van der Waals surface area contributed by atoms with Crippen LogP contribution >= 0.6 is 0 Å². The summed E-state index contributed by atoms with van der Waals surface area (Å²) in [6, 6.07) is 4.23. The largest absolute Gasteiger partial charge is 0.466 e. The minimum absolute atomic E-state index is 0.603. The second kappa shape index (κ2) is 4.84. The summed E-state index contributed by atoms with van der Waals surface area (Å²) in [6.07, 6.45) is 3.82. The molecule has 1 aromatic rings. The van der Waals surface area contributed by atoms with Crippen molar-refractivity contribution in [3.05, 3.63) is 23.7 Å². The maximum absolute atomic E-state index is 5.76. The van der Waals surface area contributed by atoms with Crippen LogP contribution in [0.4, 0.5) is 0 Å². The molecule has 2 nitrogen and oxygen atoms in total. The van der Waals surface area contributed by atoms with Gasteiger partial charge in [0.1, 0.15) is 11.5 Å². The fourth-order valence-electron chi connectivity index (χ4n) is 2.64. The highest BCUT2D eigenvalue weighted by atomic mass is 16.3. The molecule has 2 heterocycles. The van der Waals surface area contributed by atoms with Crippen LogP contribution in [0.3, 0.4) is 0 Å². The van der Waals surface area contributed by atoms with E-state index in [1.54, 1.807) is 0 Å². The standard InChI is InChI=1S/C13H21NO/c1-3-12(11-5-4-8-14-9-11)13-7-6-10(2)15-13/h6-7,11-12,14H,3-5,8-9H2,1-2H3. The highest BCUT2D eigenvalue weighted by Gasteiger charge is 2.25. The zero-order valence-corrected chi connectivity index (χ0v) is 9.75. The summed E-state index contributed by atoms with van der Waals surface area (Å²) < 4.78 is 5.76. The summed E-state index contributed by atoms with van der Waals surface area (Å²) >= 11 is 0. The number of hydrogen-bond donors (Lipinski definition) is 1. The molecule has 1 fully saturated rings. The molecule has 2 unspecified atom stereocenters. The van der Waals surface area contributed by atoms with Crippen LogP contribution in [0, 0.1) is 12.8 Å². The van der Waals surface area contributed by atoms with Gasteiger partial charge in [0, 0.05) is 5.92 Å². The molecule has 1 saturated heterocycles. The maximum atomic E-state index is 5.76. The number of aryl methyl sites for hydroxylation is 1. The van der Waals surface area contributed by atoms with Crippen LogP contribution in [-0.4, -0.2) is 13.1 Å². The van der Waals surface area contributed by atoms with Crippen LogP contribution in [0.2, 0.25) is 0 Å². The Kier molecular flexibility index (Phi) is 3.47. The van der Waals surface area contributed by atoms with Crippen molar-refractivity contribution in [1.82, 2.24) is 5.32 Å². The van der Waals surface area contributed by atoms with Crippen molar-refractivity contribution in [2.24, 2.45) is 5.92 Å². The third-order valence-electron chi connectivity index (χ3n) is 3.47. The van der Waals surface area contributed by atoms with Gasteiger partial charge in [-0.2, -0.15) is 0 Å². The fourth-order valence-corrected chi connectivity index (χ4v) is 2.64. The van der Waals surface area contributed by atoms with Gasteiger partial charge in [-0.15, -0.1) is 0 Å². The highest BCUT2D eigenvalue weighted by Crippen LogP contribution is 2.33. The van der Waals surface area contributed by atoms with Gasteiger partial charge >= 0.3 is 0 Å². The smallest absolute Gasteiger partial charge is 0.107 e. The van der Waals surface area contributed by atoms with Gasteiger partial charge in [-0.1, -0.05) is 6.92 Å². The van der Waals surface area contributed by atoms with Crippen molar-refractivity contribution in [1.29, 1.82) is 0 Å². The van der Waals surface area contributed by atoms with Gasteiger partial charge in [-0.3, -0.25) is 0 Å². The summed E-state index contributed by atoms with van der Waals surface area (Å²) in [5, 5.41) is 3.48. The fraction of sp³-hybridized carbons (Fsp3) is 0.692. The molecule has 0 aromatic carbocycles. The number of furan rings is 1. The molecule has 0 spiro atoms. The van der Waals surface area contributed by atoms with Gasteiger partial charge in [0.2, 0.25) is 0 Å². The summed E-state index contributed by atoms with van der Waals surface area (Å²) in [5.41, 5.74) is 0. The van der Waals surface area contributed by atoms with Crippen LogP contribution in [-0.2, 0) is 0 Å². The normalized spacial score (nSPS) is 24.0. The second-order valence-corrected chi connectivity index (χ2v) is 4.57. The number of nitrogens with one attached hydrogen (secondary N) is 1. The van der Waals surface area contributed by atoms with Crippen molar-refractivity contribution in [3.8, 4) is 0 Å². The van der Waals surface area contributed by atoms with E-state index in [4.69, 9.17) is 4.42 Å². The van der Waals surface area contributed by atoms with Gasteiger partial charge in [0.05, 0.1) is 0 Å². The van der Waals surface area contributed by atoms with Gasteiger partial charge < -0.3 is 9.73 Å². The SMILES string of the molecule is CCC(c1ccc(C)o1)C1CCCNC1. The number of piperidine rings is 1. The van der Waals surface area contributed by atoms with E-state index in [2.05, 4.69) is 24.4 Å². The molecule has 2 atom stereocenters. The molecule has 84 valence electrons. The lowest BCUT2D eigenvalue weighted by atomic mass is 9.83. The molecule has 2 rings (SSSR count). The van der Waals surface area contributed by atoms with E-state index in [1.807, 2.05) is 6.92 Å². The molecule has 15 heavy (non-hydrogen) atoms. The van der Waals surface area contributed by atoms with E-state index in [0.29, 0.717) is 5.92 Å². The van der Waals surface area contributed by atoms with E-state index >= 15 is 0 Å². The predicted molar refractivity (Wildman–Crippen MR) is 62.1 cm³/mol. The molecule has 1 N–H and O–H groups in total. The third-order valence-corrected chi connectivity index (χ3v) is 3.47. The number of hydrogen-bond acceptors (Lipinski definition) is 2. The summed E-state index contributed by atoms with van der Waals surface area (Å²) in [5.74, 6) is 3.58. The van der Waals surface area contributed by atoms with Gasteiger partial charge in [-0.05, 0) is 57.3 Å². The van der Waals surface area contributed by atoms with Crippen LogP contribution in [0.25, 0.3) is 0 Å².